The minimum atomic E-state index is -2.82. The van der Waals surface area contributed by atoms with Crippen molar-refractivity contribution in [3.8, 4) is 12.1 Å². The van der Waals surface area contributed by atoms with Gasteiger partial charge in [0.25, 0.3) is 6.43 Å². The summed E-state index contributed by atoms with van der Waals surface area (Å²) in [5.74, 6) is 0.0105. The predicted octanol–water partition coefficient (Wildman–Crippen LogP) is 2.70. The Labute approximate surface area is 95.9 Å². The molecule has 0 bridgehead atoms. The second-order valence-electron chi connectivity index (χ2n) is 2.90. The molecular weight excluding hydrogens is 236 g/mol. The summed E-state index contributed by atoms with van der Waals surface area (Å²) in [6, 6.07) is 4.61. The first kappa shape index (κ1) is 12.4. The van der Waals surface area contributed by atoms with Crippen LogP contribution in [0, 0.1) is 22.7 Å². The second-order valence-corrected chi connectivity index (χ2v) is 3.17. The lowest BCUT2D eigenvalue weighted by atomic mass is 10.0. The van der Waals surface area contributed by atoms with Gasteiger partial charge in [0.05, 0.1) is 47.0 Å². The molecule has 0 saturated carbocycles. The van der Waals surface area contributed by atoms with E-state index in [0.717, 1.165) is 0 Å². The van der Waals surface area contributed by atoms with Crippen LogP contribution < -0.4 is 0 Å². The third-order valence-corrected chi connectivity index (χ3v) is 2.19. The molecule has 0 saturated heterocycles. The van der Waals surface area contributed by atoms with Crippen LogP contribution in [0.4, 0.5) is 8.78 Å². The highest BCUT2D eigenvalue weighted by molar-refractivity contribution is 6.16. The SMILES string of the molecule is N#CCc1nc(CCl)cc(C#N)c1C(F)F. The molecule has 0 aromatic carbocycles. The summed E-state index contributed by atoms with van der Waals surface area (Å²) in [5, 5.41) is 17.2. The number of aromatic nitrogens is 1. The Hall–Kier alpha value is -1.72. The first-order chi connectivity index (χ1) is 7.63. The zero-order valence-corrected chi connectivity index (χ0v) is 8.80. The summed E-state index contributed by atoms with van der Waals surface area (Å²) in [5.41, 5.74) is -0.413. The lowest BCUT2D eigenvalue weighted by Crippen LogP contribution is -2.04. The highest BCUT2D eigenvalue weighted by atomic mass is 35.5. The fourth-order valence-electron chi connectivity index (χ4n) is 1.28. The Kier molecular flexibility index (Phi) is 4.16. The van der Waals surface area contributed by atoms with Gasteiger partial charge < -0.3 is 0 Å². The van der Waals surface area contributed by atoms with Gasteiger partial charge >= 0.3 is 0 Å². The van der Waals surface area contributed by atoms with Crippen LogP contribution in [-0.4, -0.2) is 4.98 Å². The van der Waals surface area contributed by atoms with Gasteiger partial charge in [-0.15, -0.1) is 11.6 Å². The van der Waals surface area contributed by atoms with E-state index in [1.807, 2.05) is 0 Å². The lowest BCUT2D eigenvalue weighted by molar-refractivity contribution is 0.149. The molecule has 0 aliphatic rings. The fourth-order valence-corrected chi connectivity index (χ4v) is 1.42. The van der Waals surface area contributed by atoms with Gasteiger partial charge in [0, 0.05) is 0 Å². The first-order valence-electron chi connectivity index (χ1n) is 4.27. The molecular formula is C10H6ClF2N3. The molecule has 0 atom stereocenters. The van der Waals surface area contributed by atoms with Gasteiger partial charge in [-0.3, -0.25) is 4.98 Å². The van der Waals surface area contributed by atoms with Gasteiger partial charge in [0.15, 0.2) is 0 Å². The van der Waals surface area contributed by atoms with E-state index in [2.05, 4.69) is 4.98 Å². The topological polar surface area (TPSA) is 60.5 Å². The third kappa shape index (κ3) is 2.44. The van der Waals surface area contributed by atoms with Gasteiger partial charge in [-0.25, -0.2) is 8.78 Å². The van der Waals surface area contributed by atoms with Gasteiger partial charge in [0.2, 0.25) is 0 Å². The predicted molar refractivity (Wildman–Crippen MR) is 52.8 cm³/mol. The highest BCUT2D eigenvalue weighted by Gasteiger charge is 2.20. The molecule has 1 aromatic rings. The second kappa shape index (κ2) is 5.39. The maximum Gasteiger partial charge on any atom is 0.266 e. The molecule has 1 rings (SSSR count). The molecule has 3 nitrogen and oxygen atoms in total. The summed E-state index contributed by atoms with van der Waals surface area (Å²) in [6.07, 6.45) is -3.09. The molecule has 1 aromatic heterocycles. The molecule has 82 valence electrons. The van der Waals surface area contributed by atoms with Crippen molar-refractivity contribution in [2.45, 2.75) is 18.7 Å². The molecule has 0 N–H and O–H groups in total. The summed E-state index contributed by atoms with van der Waals surface area (Å²) >= 11 is 5.52. The number of halogens is 3. The molecule has 16 heavy (non-hydrogen) atoms. The Morgan fingerprint density at radius 3 is 2.56 bits per heavy atom. The number of nitrogens with zero attached hydrogens (tertiary/aromatic N) is 3. The van der Waals surface area contributed by atoms with Crippen LogP contribution in [0.15, 0.2) is 6.07 Å². The quantitative estimate of drug-likeness (QED) is 0.765. The van der Waals surface area contributed by atoms with Crippen LogP contribution in [0.3, 0.4) is 0 Å². The van der Waals surface area contributed by atoms with Gasteiger partial charge in [-0.05, 0) is 6.07 Å². The van der Waals surface area contributed by atoms with Crippen molar-refractivity contribution in [1.82, 2.24) is 4.98 Å². The van der Waals surface area contributed by atoms with E-state index in [0.29, 0.717) is 5.69 Å². The maximum atomic E-state index is 12.7. The van der Waals surface area contributed by atoms with Crippen LogP contribution in [0.25, 0.3) is 0 Å². The van der Waals surface area contributed by atoms with E-state index in [1.165, 1.54) is 6.07 Å². The van der Waals surface area contributed by atoms with Crippen LogP contribution in [0.5, 0.6) is 0 Å². The van der Waals surface area contributed by atoms with E-state index in [1.54, 1.807) is 12.1 Å². The zero-order valence-electron chi connectivity index (χ0n) is 8.04. The average molecular weight is 242 g/mol. The molecule has 0 amide bonds. The Morgan fingerprint density at radius 1 is 1.44 bits per heavy atom. The minimum absolute atomic E-state index is 0.0105. The Bertz CT molecular complexity index is 474. The van der Waals surface area contributed by atoms with Crippen molar-refractivity contribution in [2.24, 2.45) is 0 Å². The monoisotopic (exact) mass is 241 g/mol. The maximum absolute atomic E-state index is 12.7. The minimum Gasteiger partial charge on any atom is -0.255 e. The molecule has 6 heteroatoms. The number of nitriles is 2. The van der Waals surface area contributed by atoms with Crippen molar-refractivity contribution in [2.75, 3.05) is 0 Å². The molecule has 0 aliphatic carbocycles. The first-order valence-corrected chi connectivity index (χ1v) is 4.81. The number of alkyl halides is 3. The molecule has 0 fully saturated rings. The number of hydrogen-bond acceptors (Lipinski definition) is 3. The molecule has 1 heterocycles. The van der Waals surface area contributed by atoms with E-state index in [9.17, 15) is 8.78 Å². The molecule has 0 aliphatic heterocycles. The van der Waals surface area contributed by atoms with Gasteiger partial charge in [0.1, 0.15) is 0 Å². The normalized spacial score (nSPS) is 9.88. The summed E-state index contributed by atoms with van der Waals surface area (Å²) in [6.45, 7) is 0. The summed E-state index contributed by atoms with van der Waals surface area (Å²) < 4.78 is 25.4. The van der Waals surface area contributed by atoms with Crippen LogP contribution >= 0.6 is 11.6 Å². The Balaban J connectivity index is 3.43. The van der Waals surface area contributed by atoms with E-state index >= 15 is 0 Å². The summed E-state index contributed by atoms with van der Waals surface area (Å²) in [7, 11) is 0. The standard InChI is InChI=1S/C10H6ClF2N3/c11-4-7-3-6(5-15)9(10(12)13)8(16-7)1-2-14/h3,10H,1,4H2. The van der Waals surface area contributed by atoms with Crippen molar-refractivity contribution < 1.29 is 8.78 Å². The highest BCUT2D eigenvalue weighted by Crippen LogP contribution is 2.26. The van der Waals surface area contributed by atoms with Crippen LogP contribution in [0.2, 0.25) is 0 Å². The zero-order chi connectivity index (χ0) is 12.1. The smallest absolute Gasteiger partial charge is 0.255 e. The number of hydrogen-bond donors (Lipinski definition) is 0. The van der Waals surface area contributed by atoms with Crippen LogP contribution in [0.1, 0.15) is 28.9 Å². The average Bonchev–Trinajstić information content (AvgIpc) is 2.27. The van der Waals surface area contributed by atoms with Gasteiger partial charge in [-0.2, -0.15) is 10.5 Å². The largest absolute Gasteiger partial charge is 0.266 e. The Morgan fingerprint density at radius 2 is 2.12 bits per heavy atom. The van der Waals surface area contributed by atoms with E-state index in [-0.39, 0.29) is 23.6 Å². The molecule has 0 unspecified atom stereocenters. The van der Waals surface area contributed by atoms with Crippen molar-refractivity contribution in [1.29, 1.82) is 10.5 Å². The fraction of sp³-hybridized carbons (Fsp3) is 0.300. The van der Waals surface area contributed by atoms with Gasteiger partial charge in [-0.1, -0.05) is 0 Å². The van der Waals surface area contributed by atoms with E-state index < -0.39 is 12.0 Å². The van der Waals surface area contributed by atoms with Crippen LogP contribution in [-0.2, 0) is 12.3 Å². The molecule has 0 spiro atoms. The number of rotatable bonds is 3. The molecule has 0 radical (unpaired) electrons. The number of pyridine rings is 1. The lowest BCUT2D eigenvalue weighted by Gasteiger charge is -2.09. The van der Waals surface area contributed by atoms with Crippen molar-refractivity contribution >= 4 is 11.6 Å². The summed E-state index contributed by atoms with van der Waals surface area (Å²) in [4.78, 5) is 3.83. The van der Waals surface area contributed by atoms with E-state index in [4.69, 9.17) is 22.1 Å². The third-order valence-electron chi connectivity index (χ3n) is 1.91. The van der Waals surface area contributed by atoms with Crippen molar-refractivity contribution in [3.63, 3.8) is 0 Å². The van der Waals surface area contributed by atoms with Crippen molar-refractivity contribution in [3.05, 3.63) is 28.6 Å².